The molecule has 0 aliphatic heterocycles. The molecule has 0 radical (unpaired) electrons. The number of aliphatic hydroxyl groups excluding tert-OH is 4. The number of carbonyl (C=O) groups excluding carboxylic acids is 1. The average Bonchev–Trinajstić information content (AvgIpc) is 3.32. The molecule has 5 aromatic rings. The number of rotatable bonds is 22. The van der Waals surface area contributed by atoms with Crippen LogP contribution in [0, 0.1) is 0 Å². The number of hydrogen-bond acceptors (Lipinski definition) is 14. The van der Waals surface area contributed by atoms with Crippen molar-refractivity contribution in [3.05, 3.63) is 64.4 Å². The van der Waals surface area contributed by atoms with Crippen LogP contribution >= 0.6 is 15.9 Å². The first-order valence-electron chi connectivity index (χ1n) is 19.2. The van der Waals surface area contributed by atoms with Gasteiger partial charge < -0.3 is 55.7 Å². The summed E-state index contributed by atoms with van der Waals surface area (Å²) in [4.78, 5) is 42.7. The number of carbonyl (C=O) groups is 1. The van der Waals surface area contributed by atoms with Crippen LogP contribution in [0.25, 0.3) is 49.2 Å². The molecule has 306 valence electrons. The number of benzene rings is 5. The Labute approximate surface area is 337 Å². The molecule has 0 heterocycles. The van der Waals surface area contributed by atoms with Crippen LogP contribution in [0.3, 0.4) is 0 Å². The van der Waals surface area contributed by atoms with E-state index in [0.29, 0.717) is 119 Å². The van der Waals surface area contributed by atoms with E-state index in [2.05, 4.69) is 31.9 Å². The average molecular weight is 853 g/mol. The highest BCUT2D eigenvalue weighted by atomic mass is 79.9. The Bertz CT molecular complexity index is 2440. The van der Waals surface area contributed by atoms with Gasteiger partial charge in [0.1, 0.15) is 17.3 Å². The van der Waals surface area contributed by atoms with Crippen molar-refractivity contribution in [3.63, 3.8) is 0 Å². The minimum Gasteiger partial charge on any atom is -0.507 e. The lowest BCUT2D eigenvalue weighted by Crippen LogP contribution is -2.26. The Balaban J connectivity index is 1.71. The molecular formula is C42H50BrN3O11. The van der Waals surface area contributed by atoms with E-state index in [1.54, 1.807) is 0 Å². The highest BCUT2D eigenvalue weighted by Gasteiger charge is 2.37. The summed E-state index contributed by atoms with van der Waals surface area (Å²) in [7, 11) is 1.48. The van der Waals surface area contributed by atoms with Crippen molar-refractivity contribution in [2.45, 2.75) is 45.8 Å². The molecule has 8 N–H and O–H groups in total. The van der Waals surface area contributed by atoms with Crippen LogP contribution in [0.1, 0.15) is 54.0 Å². The van der Waals surface area contributed by atoms with Crippen molar-refractivity contribution >= 4 is 76.6 Å². The lowest BCUT2D eigenvalue weighted by atomic mass is 9.78. The maximum atomic E-state index is 14.4. The maximum absolute atomic E-state index is 14.4. The lowest BCUT2D eigenvalue weighted by Gasteiger charge is -2.27. The van der Waals surface area contributed by atoms with E-state index in [9.17, 15) is 29.7 Å². The van der Waals surface area contributed by atoms with Crippen LogP contribution < -0.4 is 31.5 Å². The van der Waals surface area contributed by atoms with Gasteiger partial charge in [-0.3, -0.25) is 14.4 Å². The molecule has 0 saturated heterocycles. The molecule has 0 spiro atoms. The first kappa shape index (κ1) is 42.6. The van der Waals surface area contributed by atoms with Gasteiger partial charge in [-0.2, -0.15) is 0 Å². The third-order valence-electron chi connectivity index (χ3n) is 10.7. The zero-order chi connectivity index (χ0) is 41.0. The van der Waals surface area contributed by atoms with E-state index in [1.165, 1.54) is 20.1 Å². The van der Waals surface area contributed by atoms with Crippen molar-refractivity contribution < 1.29 is 44.5 Å². The molecular weight excluding hydrogens is 802 g/mol. The highest BCUT2D eigenvalue weighted by molar-refractivity contribution is 9.10. The Hall–Kier alpha value is -4.03. The van der Waals surface area contributed by atoms with Crippen LogP contribution in [0.5, 0.6) is 11.5 Å². The number of methoxy groups -OCH3 is 1. The SMILES string of the molecule is COc1c(NCCNCCOCCO)c2c(=O)cc(CO)c3c4c(CO)c(Br)c(=O)c5c(O)c(CCCNCCOCCO)c6c(c(c1C(C(C)=O)C(C)=C6)c23)c54. The van der Waals surface area contributed by atoms with Crippen LogP contribution in [0.15, 0.2) is 25.7 Å². The van der Waals surface area contributed by atoms with Gasteiger partial charge in [-0.1, -0.05) is 11.6 Å². The molecule has 0 amide bonds. The van der Waals surface area contributed by atoms with Crippen LogP contribution in [0.2, 0.25) is 0 Å². The van der Waals surface area contributed by atoms with Gasteiger partial charge >= 0.3 is 0 Å². The highest BCUT2D eigenvalue weighted by Crippen LogP contribution is 2.56. The fourth-order valence-corrected chi connectivity index (χ4v) is 9.04. The summed E-state index contributed by atoms with van der Waals surface area (Å²) in [6.07, 6.45) is 2.76. The Morgan fingerprint density at radius 1 is 0.789 bits per heavy atom. The molecule has 1 unspecified atom stereocenters. The molecule has 6 rings (SSSR count). The van der Waals surface area contributed by atoms with Crippen molar-refractivity contribution in [1.29, 1.82) is 0 Å². The number of allylic oxidation sites excluding steroid dienone is 1. The zero-order valence-electron chi connectivity index (χ0n) is 32.4. The first-order valence-corrected chi connectivity index (χ1v) is 19.9. The van der Waals surface area contributed by atoms with Crippen molar-refractivity contribution in [3.8, 4) is 11.5 Å². The van der Waals surface area contributed by atoms with E-state index >= 15 is 0 Å². The van der Waals surface area contributed by atoms with Crippen LogP contribution in [-0.2, 0) is 33.9 Å². The Morgan fingerprint density at radius 3 is 2.07 bits per heavy atom. The third kappa shape index (κ3) is 7.68. The lowest BCUT2D eigenvalue weighted by molar-refractivity contribution is -0.117. The quantitative estimate of drug-likeness (QED) is 0.0286. The van der Waals surface area contributed by atoms with Gasteiger partial charge in [0.15, 0.2) is 5.43 Å². The van der Waals surface area contributed by atoms with Gasteiger partial charge in [0, 0.05) is 53.6 Å². The summed E-state index contributed by atoms with van der Waals surface area (Å²) >= 11 is 3.45. The standard InChI is InChI=1S/C42H50BrN3O11/c1-21-17-25-24(5-4-6-44-9-13-56-15-11-47)40(53)37-34-30(25)35-33-29(31(34)26(20-50)38(43)41(37)54)23(19-49)18-27(52)32(33)39(42(55-3)36(35)28(21)22(2)51)46-8-7-45-10-14-57-16-12-48/h17-18,28,44-50,53H,4-16,19-20H2,1-3H3. The number of phenolic OH excluding ortho intramolecular Hbond substituents is 1. The van der Waals surface area contributed by atoms with Gasteiger partial charge in [-0.05, 0) is 87.9 Å². The van der Waals surface area contributed by atoms with Crippen molar-refractivity contribution in [1.82, 2.24) is 10.6 Å². The van der Waals surface area contributed by atoms with E-state index < -0.39 is 30.0 Å². The minimum atomic E-state index is -0.860. The number of ketones is 1. The number of hydrogen-bond donors (Lipinski definition) is 8. The molecule has 57 heavy (non-hydrogen) atoms. The number of ether oxygens (including phenoxy) is 3. The number of fused-ring (bicyclic) bond motifs is 1. The number of halogens is 1. The number of phenols is 1. The number of Topliss-reactive ketones (excluding diaryl/α,β-unsaturated/α-hetero) is 1. The molecule has 1 aliphatic rings. The van der Waals surface area contributed by atoms with Gasteiger partial charge in [0.2, 0.25) is 5.43 Å². The monoisotopic (exact) mass is 851 g/mol. The molecule has 0 aromatic heterocycles. The number of aromatic hydroxyl groups is 1. The minimum absolute atomic E-state index is 0.0237. The van der Waals surface area contributed by atoms with Crippen LogP contribution in [0.4, 0.5) is 5.69 Å². The van der Waals surface area contributed by atoms with Crippen molar-refractivity contribution in [2.24, 2.45) is 0 Å². The summed E-state index contributed by atoms with van der Waals surface area (Å²) in [5.74, 6) is -0.991. The first-order chi connectivity index (χ1) is 27.6. The predicted octanol–water partition coefficient (Wildman–Crippen LogP) is 2.99. The fourth-order valence-electron chi connectivity index (χ4n) is 8.51. The smallest absolute Gasteiger partial charge is 0.204 e. The molecule has 1 aliphatic carbocycles. The molecule has 15 heteroatoms. The van der Waals surface area contributed by atoms with Gasteiger partial charge in [-0.25, -0.2) is 0 Å². The Morgan fingerprint density at radius 2 is 1.46 bits per heavy atom. The van der Waals surface area contributed by atoms with Gasteiger partial charge in [-0.15, -0.1) is 0 Å². The van der Waals surface area contributed by atoms with E-state index in [-0.39, 0.29) is 70.1 Å². The normalized spacial score (nSPS) is 14.1. The zero-order valence-corrected chi connectivity index (χ0v) is 34.0. The predicted molar refractivity (Wildman–Crippen MR) is 225 cm³/mol. The fraction of sp³-hybridized carbons (Fsp3) is 0.452. The second kappa shape index (κ2) is 18.7. The molecule has 0 fully saturated rings. The Kier molecular flexibility index (Phi) is 14.0. The molecule has 0 saturated carbocycles. The molecule has 0 bridgehead atoms. The van der Waals surface area contributed by atoms with Crippen molar-refractivity contribution in [2.75, 3.05) is 84.8 Å². The van der Waals surface area contributed by atoms with E-state index in [0.717, 1.165) is 0 Å². The maximum Gasteiger partial charge on any atom is 0.204 e. The topological polar surface area (TPSA) is 216 Å². The van der Waals surface area contributed by atoms with Gasteiger partial charge in [0.05, 0.1) is 86.8 Å². The molecule has 1 atom stereocenters. The molecule has 14 nitrogen and oxygen atoms in total. The number of nitrogens with one attached hydrogen (secondary N) is 3. The second-order valence-electron chi connectivity index (χ2n) is 14.2. The van der Waals surface area contributed by atoms with E-state index in [4.69, 9.17) is 24.4 Å². The summed E-state index contributed by atoms with van der Waals surface area (Å²) in [5.41, 5.74) is 2.15. The second-order valence-corrected chi connectivity index (χ2v) is 15.0. The summed E-state index contributed by atoms with van der Waals surface area (Å²) in [6.45, 7) is 5.77. The summed E-state index contributed by atoms with van der Waals surface area (Å²) < 4.78 is 16.9. The summed E-state index contributed by atoms with van der Waals surface area (Å²) in [5, 5.41) is 65.0. The molecule has 5 aromatic carbocycles. The largest absolute Gasteiger partial charge is 0.507 e. The van der Waals surface area contributed by atoms with Gasteiger partial charge in [0.25, 0.3) is 0 Å². The third-order valence-corrected chi connectivity index (χ3v) is 11.6. The number of anilines is 1. The summed E-state index contributed by atoms with van der Waals surface area (Å²) in [6, 6.07) is 1.35. The number of aliphatic hydroxyl groups is 4. The van der Waals surface area contributed by atoms with E-state index in [1.807, 2.05) is 13.0 Å². The van der Waals surface area contributed by atoms with Crippen LogP contribution in [-0.4, -0.2) is 111 Å².